The van der Waals surface area contributed by atoms with Crippen LogP contribution in [-0.2, 0) is 33.7 Å². The van der Waals surface area contributed by atoms with Crippen molar-refractivity contribution in [2.75, 3.05) is 20.8 Å². The number of rotatable bonds is 6. The second-order valence-corrected chi connectivity index (χ2v) is 8.05. The van der Waals surface area contributed by atoms with Crippen molar-refractivity contribution >= 4 is 17.8 Å². The van der Waals surface area contributed by atoms with E-state index >= 15 is 0 Å². The van der Waals surface area contributed by atoms with Gasteiger partial charge < -0.3 is 24.7 Å². The minimum Gasteiger partial charge on any atom is -0.467 e. The molecule has 2 N–H and O–H groups in total. The van der Waals surface area contributed by atoms with E-state index in [1.54, 1.807) is 13.0 Å². The number of amides is 1. The van der Waals surface area contributed by atoms with Crippen molar-refractivity contribution in [2.45, 2.75) is 64.0 Å². The maximum Gasteiger partial charge on any atom is 0.406 e. The van der Waals surface area contributed by atoms with Crippen molar-refractivity contribution in [3.63, 3.8) is 0 Å². The molecule has 8 heteroatoms. The molecule has 0 spiro atoms. The Kier molecular flexibility index (Phi) is 6.84. The molecule has 0 fully saturated rings. The summed E-state index contributed by atoms with van der Waals surface area (Å²) in [5, 5.41) is 5.78. The minimum atomic E-state index is -0.907. The topological polar surface area (TPSA) is 98.7 Å². The summed E-state index contributed by atoms with van der Waals surface area (Å²) in [6, 6.07) is 1.99. The monoisotopic (exact) mass is 417 g/mol. The standard InChI is InChI=1S/C22H31N3O5/c1-22(20(27)29-2)14-17(24-22)16-13-15-9-6-4-5-7-10-18(15)25(19(16)26)12-8-11-23-21(28)30-3/h13-14,24H,4-12H2,1-3H3,(H,23,28). The fourth-order valence-electron chi connectivity index (χ4n) is 4.19. The fourth-order valence-corrected chi connectivity index (χ4v) is 4.19. The van der Waals surface area contributed by atoms with Gasteiger partial charge in [-0.05, 0) is 56.7 Å². The minimum absolute atomic E-state index is 0.0712. The van der Waals surface area contributed by atoms with E-state index in [0.717, 1.165) is 31.4 Å². The second-order valence-electron chi connectivity index (χ2n) is 8.05. The van der Waals surface area contributed by atoms with Crippen LogP contribution < -0.4 is 16.2 Å². The molecule has 3 rings (SSSR count). The molecule has 8 nitrogen and oxygen atoms in total. The van der Waals surface area contributed by atoms with E-state index in [1.807, 2.05) is 10.6 Å². The molecular weight excluding hydrogens is 386 g/mol. The van der Waals surface area contributed by atoms with Gasteiger partial charge in [-0.25, -0.2) is 9.59 Å². The van der Waals surface area contributed by atoms with Gasteiger partial charge in [-0.3, -0.25) is 4.79 Å². The van der Waals surface area contributed by atoms with Gasteiger partial charge in [0.15, 0.2) is 5.54 Å². The molecule has 0 saturated heterocycles. The number of fused-ring (bicyclic) bond motifs is 1. The molecule has 1 atom stereocenters. The lowest BCUT2D eigenvalue weighted by molar-refractivity contribution is -0.145. The lowest BCUT2D eigenvalue weighted by atomic mass is 9.88. The molecule has 0 bridgehead atoms. The zero-order valence-corrected chi connectivity index (χ0v) is 18.0. The van der Waals surface area contributed by atoms with Crippen LogP contribution in [0.2, 0.25) is 0 Å². The van der Waals surface area contributed by atoms with Crippen LogP contribution in [0.25, 0.3) is 5.70 Å². The average molecular weight is 418 g/mol. The SMILES string of the molecule is COC(=O)NCCCn1c2c(cc(C3=CC(C)(C(=O)OC)N3)c1=O)CCCCCC2. The zero-order valence-electron chi connectivity index (χ0n) is 18.0. The van der Waals surface area contributed by atoms with E-state index in [4.69, 9.17) is 4.74 Å². The highest BCUT2D eigenvalue weighted by molar-refractivity contribution is 5.92. The largest absolute Gasteiger partial charge is 0.467 e. The average Bonchev–Trinajstić information content (AvgIpc) is 2.70. The molecule has 0 radical (unpaired) electrons. The smallest absolute Gasteiger partial charge is 0.406 e. The Balaban J connectivity index is 1.91. The lowest BCUT2D eigenvalue weighted by Gasteiger charge is -2.36. The van der Waals surface area contributed by atoms with Gasteiger partial charge in [-0.1, -0.05) is 12.8 Å². The van der Waals surface area contributed by atoms with Gasteiger partial charge in [0.2, 0.25) is 0 Å². The number of alkyl carbamates (subject to hydrolysis) is 1. The Bertz CT molecular complexity index is 905. The number of nitrogens with zero attached hydrogens (tertiary/aromatic N) is 1. The first kappa shape index (κ1) is 21.9. The number of carbonyl (C=O) groups excluding carboxylic acids is 2. The fraction of sp³-hybridized carbons (Fsp3) is 0.591. The summed E-state index contributed by atoms with van der Waals surface area (Å²) in [5.74, 6) is -0.383. The third kappa shape index (κ3) is 4.52. The van der Waals surface area contributed by atoms with Gasteiger partial charge in [0.05, 0.1) is 19.8 Å². The molecule has 1 amide bonds. The maximum absolute atomic E-state index is 13.4. The molecule has 2 aliphatic rings. The van der Waals surface area contributed by atoms with Crippen LogP contribution >= 0.6 is 0 Å². The Labute approximate surface area is 176 Å². The van der Waals surface area contributed by atoms with Gasteiger partial charge in [-0.2, -0.15) is 0 Å². The van der Waals surface area contributed by atoms with Gasteiger partial charge in [0.25, 0.3) is 5.56 Å². The molecule has 1 aliphatic heterocycles. The molecule has 1 aromatic heterocycles. The van der Waals surface area contributed by atoms with E-state index in [1.165, 1.54) is 32.6 Å². The van der Waals surface area contributed by atoms with Crippen LogP contribution in [0.4, 0.5) is 4.79 Å². The highest BCUT2D eigenvalue weighted by Crippen LogP contribution is 2.29. The quantitative estimate of drug-likeness (QED) is 0.544. The molecule has 30 heavy (non-hydrogen) atoms. The zero-order chi connectivity index (χ0) is 21.7. The summed E-state index contributed by atoms with van der Waals surface area (Å²) in [6.07, 6.45) is 8.24. The molecule has 0 aromatic carbocycles. The van der Waals surface area contributed by atoms with Crippen molar-refractivity contribution < 1.29 is 19.1 Å². The van der Waals surface area contributed by atoms with Crippen molar-refractivity contribution in [3.8, 4) is 0 Å². The molecule has 1 aliphatic carbocycles. The first-order valence-electron chi connectivity index (χ1n) is 10.6. The first-order valence-corrected chi connectivity index (χ1v) is 10.6. The summed E-state index contributed by atoms with van der Waals surface area (Å²) in [5.41, 5.74) is 2.56. The van der Waals surface area contributed by atoms with Crippen LogP contribution in [0.15, 0.2) is 16.9 Å². The van der Waals surface area contributed by atoms with E-state index in [2.05, 4.69) is 15.4 Å². The normalized spacial score (nSPS) is 20.4. The van der Waals surface area contributed by atoms with Crippen LogP contribution in [0.3, 0.4) is 0 Å². The number of pyridine rings is 1. The van der Waals surface area contributed by atoms with Crippen LogP contribution in [0.1, 0.15) is 55.8 Å². The van der Waals surface area contributed by atoms with E-state index in [9.17, 15) is 14.4 Å². The molecule has 1 aromatic rings. The highest BCUT2D eigenvalue weighted by Gasteiger charge is 2.41. The number of hydrogen-bond donors (Lipinski definition) is 2. The molecule has 164 valence electrons. The van der Waals surface area contributed by atoms with Gasteiger partial charge in [0.1, 0.15) is 0 Å². The van der Waals surface area contributed by atoms with E-state index in [0.29, 0.717) is 30.8 Å². The van der Waals surface area contributed by atoms with E-state index in [-0.39, 0.29) is 11.5 Å². The summed E-state index contributed by atoms with van der Waals surface area (Å²) in [4.78, 5) is 36.6. The predicted octanol–water partition coefficient (Wildman–Crippen LogP) is 2.13. The van der Waals surface area contributed by atoms with Gasteiger partial charge in [-0.15, -0.1) is 0 Å². The first-order chi connectivity index (χ1) is 14.4. The van der Waals surface area contributed by atoms with Crippen LogP contribution in [0.5, 0.6) is 0 Å². The van der Waals surface area contributed by atoms with Crippen molar-refractivity contribution in [1.29, 1.82) is 0 Å². The van der Waals surface area contributed by atoms with Crippen molar-refractivity contribution in [2.24, 2.45) is 0 Å². The lowest BCUT2D eigenvalue weighted by Crippen LogP contribution is -2.55. The number of carbonyl (C=O) groups is 2. The molecule has 1 unspecified atom stereocenters. The Hall–Kier alpha value is -2.77. The van der Waals surface area contributed by atoms with Crippen molar-refractivity contribution in [1.82, 2.24) is 15.2 Å². The number of aryl methyl sites for hydroxylation is 1. The number of aromatic nitrogens is 1. The molecular formula is C22H31N3O5. The number of ether oxygens (including phenoxy) is 2. The molecule has 2 heterocycles. The maximum atomic E-state index is 13.4. The van der Waals surface area contributed by atoms with Gasteiger partial charge in [0, 0.05) is 24.5 Å². The second kappa shape index (κ2) is 9.36. The van der Waals surface area contributed by atoms with Crippen molar-refractivity contribution in [3.05, 3.63) is 39.3 Å². The molecule has 0 saturated carbocycles. The summed E-state index contributed by atoms with van der Waals surface area (Å²) in [6.45, 7) is 2.67. The van der Waals surface area contributed by atoms with Crippen LogP contribution in [0, 0.1) is 0 Å². The Morgan fingerprint density at radius 2 is 1.87 bits per heavy atom. The van der Waals surface area contributed by atoms with Crippen LogP contribution in [-0.4, -0.2) is 42.9 Å². The summed E-state index contributed by atoms with van der Waals surface area (Å²) < 4.78 is 11.3. The Morgan fingerprint density at radius 1 is 1.17 bits per heavy atom. The number of esters is 1. The van der Waals surface area contributed by atoms with Gasteiger partial charge >= 0.3 is 12.1 Å². The summed E-state index contributed by atoms with van der Waals surface area (Å²) in [7, 11) is 2.68. The Morgan fingerprint density at radius 3 is 2.53 bits per heavy atom. The number of hydrogen-bond acceptors (Lipinski definition) is 6. The third-order valence-corrected chi connectivity index (χ3v) is 5.84. The number of methoxy groups -OCH3 is 2. The summed E-state index contributed by atoms with van der Waals surface area (Å²) >= 11 is 0. The number of nitrogens with one attached hydrogen (secondary N) is 2. The third-order valence-electron chi connectivity index (χ3n) is 5.84. The highest BCUT2D eigenvalue weighted by atomic mass is 16.5. The van der Waals surface area contributed by atoms with E-state index < -0.39 is 11.6 Å². The predicted molar refractivity (Wildman–Crippen MR) is 113 cm³/mol.